The maximum absolute atomic E-state index is 13.3. The van der Waals surface area contributed by atoms with Gasteiger partial charge < -0.3 is 29.0 Å². The average molecular weight is 750 g/mol. The summed E-state index contributed by atoms with van der Waals surface area (Å²) in [6.07, 6.45) is 0.833. The number of benzene rings is 2. The lowest BCUT2D eigenvalue weighted by molar-refractivity contribution is -0.274. The molecule has 0 amide bonds. The van der Waals surface area contributed by atoms with Gasteiger partial charge in [0.15, 0.2) is 6.10 Å². The van der Waals surface area contributed by atoms with Crippen LogP contribution in [0.2, 0.25) is 0 Å². The van der Waals surface area contributed by atoms with Crippen molar-refractivity contribution in [3.63, 3.8) is 0 Å². The average Bonchev–Trinajstić information content (AvgIpc) is 3.54. The molecule has 4 aromatic rings. The van der Waals surface area contributed by atoms with Crippen LogP contribution in [0.5, 0.6) is 11.5 Å². The highest BCUT2D eigenvalue weighted by Gasteiger charge is 2.38. The zero-order valence-corrected chi connectivity index (χ0v) is 32.0. The van der Waals surface area contributed by atoms with Crippen molar-refractivity contribution in [2.45, 2.75) is 97.5 Å². The molecule has 3 heterocycles. The Morgan fingerprint density at radius 3 is 2.33 bits per heavy atom. The summed E-state index contributed by atoms with van der Waals surface area (Å²) >= 11 is 0. The number of carboxylic acids is 1. The second kappa shape index (κ2) is 15.9. The number of ether oxygens (including phenoxy) is 4. The monoisotopic (exact) mass is 749 g/mol. The van der Waals surface area contributed by atoms with Crippen molar-refractivity contribution in [3.05, 3.63) is 90.7 Å². The molecule has 0 spiro atoms. The number of carboxylic acid groups (broad SMARTS) is 1. The van der Waals surface area contributed by atoms with E-state index >= 15 is 0 Å². The first-order valence-corrected chi connectivity index (χ1v) is 18.0. The van der Waals surface area contributed by atoms with Gasteiger partial charge in [-0.25, -0.2) is 9.78 Å². The molecule has 1 aliphatic rings. The van der Waals surface area contributed by atoms with Crippen molar-refractivity contribution in [1.82, 2.24) is 9.38 Å². The Labute approximate surface area is 315 Å². The number of halogens is 3. The first kappa shape index (κ1) is 40.4. The van der Waals surface area contributed by atoms with E-state index in [1.54, 1.807) is 24.3 Å². The van der Waals surface area contributed by atoms with Gasteiger partial charge in [-0.1, -0.05) is 30.4 Å². The standard InChI is InChI=1S/C42H50F3N3O6/c1-10-13-26(3)52-34-17-16-31(53-42(43,44)45)24-32(34)29-14-12-15-30(23-29)33-25-48-37(46-33)28(5)27(4)35(36(39(49)50)54-40(6,7)8)38(48)47-20-18-41(9,19-21-47)51-22-11-2/h10-12,14-17,23-26,36H,1-2,13,18-22H2,3-9H3,(H,49,50). The number of fused-ring (bicyclic) bond motifs is 1. The van der Waals surface area contributed by atoms with Gasteiger partial charge in [-0.15, -0.1) is 26.3 Å². The molecule has 2 aromatic heterocycles. The Balaban J connectivity index is 1.68. The highest BCUT2D eigenvalue weighted by atomic mass is 19.4. The maximum atomic E-state index is 13.3. The number of imidazole rings is 1. The summed E-state index contributed by atoms with van der Waals surface area (Å²) in [4.78, 5) is 20.2. The van der Waals surface area contributed by atoms with Gasteiger partial charge in [0.25, 0.3) is 0 Å². The Kier molecular flexibility index (Phi) is 11.9. The van der Waals surface area contributed by atoms with E-state index in [9.17, 15) is 23.1 Å². The summed E-state index contributed by atoms with van der Waals surface area (Å²) in [7, 11) is 0. The molecule has 5 rings (SSSR count). The number of hydrogen-bond donors (Lipinski definition) is 1. The number of hydrogen-bond acceptors (Lipinski definition) is 7. The fourth-order valence-electron chi connectivity index (χ4n) is 6.81. The van der Waals surface area contributed by atoms with Crippen LogP contribution in [0.4, 0.5) is 19.0 Å². The predicted octanol–water partition coefficient (Wildman–Crippen LogP) is 10.0. The van der Waals surface area contributed by atoms with Crippen LogP contribution in [0.15, 0.2) is 74.0 Å². The van der Waals surface area contributed by atoms with E-state index in [1.807, 2.05) is 64.3 Å². The number of anilines is 1. The molecule has 290 valence electrons. The highest BCUT2D eigenvalue weighted by molar-refractivity contribution is 5.82. The van der Waals surface area contributed by atoms with Crippen molar-refractivity contribution in [2.75, 3.05) is 24.6 Å². The zero-order valence-electron chi connectivity index (χ0n) is 32.0. The Morgan fingerprint density at radius 2 is 1.72 bits per heavy atom. The molecule has 0 aliphatic carbocycles. The number of piperidine rings is 1. The molecule has 1 fully saturated rings. The summed E-state index contributed by atoms with van der Waals surface area (Å²) in [5.74, 6) is -0.415. The fourth-order valence-corrected chi connectivity index (χ4v) is 6.81. The molecule has 1 saturated heterocycles. The Bertz CT molecular complexity index is 2010. The van der Waals surface area contributed by atoms with E-state index in [2.05, 4.69) is 29.7 Å². The van der Waals surface area contributed by atoms with Gasteiger partial charge in [0.1, 0.15) is 23.0 Å². The number of aliphatic carboxylic acids is 1. The largest absolute Gasteiger partial charge is 0.573 e. The summed E-state index contributed by atoms with van der Waals surface area (Å²) < 4.78 is 64.5. The molecule has 9 nitrogen and oxygen atoms in total. The van der Waals surface area contributed by atoms with Crippen molar-refractivity contribution < 1.29 is 42.0 Å². The third-order valence-electron chi connectivity index (χ3n) is 9.59. The van der Waals surface area contributed by atoms with Gasteiger partial charge in [0.2, 0.25) is 0 Å². The quantitative estimate of drug-likeness (QED) is 0.127. The summed E-state index contributed by atoms with van der Waals surface area (Å²) in [5, 5.41) is 10.6. The van der Waals surface area contributed by atoms with Crippen molar-refractivity contribution in [2.24, 2.45) is 0 Å². The number of aryl methyl sites for hydroxylation is 1. The second-order valence-electron chi connectivity index (χ2n) is 15.0. The lowest BCUT2D eigenvalue weighted by Gasteiger charge is -2.41. The Morgan fingerprint density at radius 1 is 1.04 bits per heavy atom. The van der Waals surface area contributed by atoms with E-state index in [1.165, 1.54) is 18.2 Å². The van der Waals surface area contributed by atoms with E-state index in [4.69, 9.17) is 19.2 Å². The molecule has 2 unspecified atom stereocenters. The first-order chi connectivity index (χ1) is 25.3. The number of carbonyl (C=O) groups is 1. The lowest BCUT2D eigenvalue weighted by atomic mass is 9.92. The molecule has 1 aliphatic heterocycles. The molecule has 0 saturated carbocycles. The Hall–Kier alpha value is -4.81. The van der Waals surface area contributed by atoms with Crippen LogP contribution in [-0.4, -0.2) is 63.8 Å². The van der Waals surface area contributed by atoms with Gasteiger partial charge in [0.05, 0.1) is 29.6 Å². The second-order valence-corrected chi connectivity index (χ2v) is 15.0. The molecule has 54 heavy (non-hydrogen) atoms. The molecule has 12 heteroatoms. The lowest BCUT2D eigenvalue weighted by Crippen LogP contribution is -2.45. The van der Waals surface area contributed by atoms with Crippen molar-refractivity contribution in [3.8, 4) is 33.9 Å². The predicted molar refractivity (Wildman–Crippen MR) is 204 cm³/mol. The molecule has 1 N–H and O–H groups in total. The van der Waals surface area contributed by atoms with Gasteiger partial charge in [-0.2, -0.15) is 0 Å². The maximum Gasteiger partial charge on any atom is 0.573 e. The van der Waals surface area contributed by atoms with Crippen molar-refractivity contribution in [1.29, 1.82) is 0 Å². The number of rotatable bonds is 14. The van der Waals surface area contributed by atoms with Crippen LogP contribution in [0.1, 0.15) is 76.7 Å². The van der Waals surface area contributed by atoms with Crippen LogP contribution in [0.3, 0.4) is 0 Å². The highest BCUT2D eigenvalue weighted by Crippen LogP contribution is 2.42. The molecule has 2 atom stereocenters. The van der Waals surface area contributed by atoms with E-state index in [0.717, 1.165) is 11.1 Å². The molecule has 0 bridgehead atoms. The number of nitrogens with zero attached hydrogens (tertiary/aromatic N) is 3. The minimum Gasteiger partial charge on any atom is -0.490 e. The number of aromatic nitrogens is 2. The normalized spacial score (nSPS) is 15.9. The van der Waals surface area contributed by atoms with Crippen LogP contribution in [0.25, 0.3) is 28.0 Å². The zero-order chi connectivity index (χ0) is 39.6. The molecular formula is C42H50F3N3O6. The number of pyridine rings is 1. The smallest absolute Gasteiger partial charge is 0.490 e. The van der Waals surface area contributed by atoms with Gasteiger partial charge >= 0.3 is 12.3 Å². The van der Waals surface area contributed by atoms with Crippen LogP contribution >= 0.6 is 0 Å². The van der Waals surface area contributed by atoms with E-state index < -0.39 is 24.0 Å². The van der Waals surface area contributed by atoms with Crippen LogP contribution in [0, 0.1) is 13.8 Å². The van der Waals surface area contributed by atoms with E-state index in [-0.39, 0.29) is 17.5 Å². The van der Waals surface area contributed by atoms with Gasteiger partial charge in [-0.3, -0.25) is 4.40 Å². The summed E-state index contributed by atoms with van der Waals surface area (Å²) in [6.45, 7) is 22.4. The summed E-state index contributed by atoms with van der Waals surface area (Å²) in [6, 6.07) is 11.3. The van der Waals surface area contributed by atoms with E-state index in [0.29, 0.717) is 84.1 Å². The van der Waals surface area contributed by atoms with Gasteiger partial charge in [0, 0.05) is 42.4 Å². The molecule has 2 aromatic carbocycles. The minimum atomic E-state index is -4.87. The third kappa shape index (κ3) is 9.27. The third-order valence-corrected chi connectivity index (χ3v) is 9.59. The summed E-state index contributed by atoms with van der Waals surface area (Å²) in [5.41, 5.74) is 3.89. The minimum absolute atomic E-state index is 0.283. The molecule has 0 radical (unpaired) electrons. The molecular weight excluding hydrogens is 699 g/mol. The first-order valence-electron chi connectivity index (χ1n) is 18.0. The van der Waals surface area contributed by atoms with Gasteiger partial charge in [-0.05, 0) is 102 Å². The SMILES string of the molecule is C=CCOC1(C)CCN(c2c(C(OC(C)(C)C)C(=O)O)c(C)c(C)c3nc(-c4cccc(-c5cc(OC(F)(F)F)ccc5OC(C)CC=C)c4)cn23)CC1. The topological polar surface area (TPSA) is 94.8 Å². The number of alkyl halides is 3. The fraction of sp³-hybridized carbons (Fsp3) is 0.429. The van der Waals surface area contributed by atoms with Crippen molar-refractivity contribution >= 4 is 17.4 Å². The van der Waals surface area contributed by atoms with Crippen LogP contribution < -0.4 is 14.4 Å². The van der Waals surface area contributed by atoms with Crippen LogP contribution in [-0.2, 0) is 14.3 Å².